The molecule has 0 aliphatic carbocycles. The van der Waals surface area contributed by atoms with Gasteiger partial charge in [-0.1, -0.05) is 0 Å². The fourth-order valence-electron chi connectivity index (χ4n) is 2.10. The molecule has 3 nitrogen and oxygen atoms in total. The Morgan fingerprint density at radius 3 is 2.94 bits per heavy atom. The molecule has 0 saturated heterocycles. The monoisotopic (exact) mass is 269 g/mol. The highest BCUT2D eigenvalue weighted by Gasteiger charge is 2.23. The van der Waals surface area contributed by atoms with Gasteiger partial charge in [0.15, 0.2) is 0 Å². The fraction of sp³-hybridized carbons (Fsp3) is 0.462. The maximum atomic E-state index is 13.1. The first kappa shape index (κ1) is 13.4. The predicted octanol–water partition coefficient (Wildman–Crippen LogP) is 2.05. The maximum absolute atomic E-state index is 13.1. The lowest BCUT2D eigenvalue weighted by atomic mass is 10.0. The molecule has 18 heavy (non-hydrogen) atoms. The van der Waals surface area contributed by atoms with Gasteiger partial charge < -0.3 is 9.64 Å². The smallest absolute Gasteiger partial charge is 0.227 e. The molecule has 0 saturated carbocycles. The van der Waals surface area contributed by atoms with Crippen molar-refractivity contribution in [1.29, 1.82) is 0 Å². The molecule has 0 aromatic heterocycles. The Labute approximate surface area is 111 Å². The third-order valence-corrected chi connectivity index (χ3v) is 3.12. The molecule has 0 radical (unpaired) electrons. The molecule has 1 amide bonds. The summed E-state index contributed by atoms with van der Waals surface area (Å²) >= 11 is 4.05. The summed E-state index contributed by atoms with van der Waals surface area (Å²) in [5.74, 6) is 0.480. The van der Waals surface area contributed by atoms with Gasteiger partial charge in [0.05, 0.1) is 13.2 Å². The number of carbonyl (C=O) groups excluding carboxylic acids is 1. The van der Waals surface area contributed by atoms with Crippen LogP contribution >= 0.6 is 12.6 Å². The van der Waals surface area contributed by atoms with Gasteiger partial charge in [-0.15, -0.1) is 0 Å². The van der Waals surface area contributed by atoms with Crippen LogP contribution in [-0.4, -0.2) is 31.4 Å². The van der Waals surface area contributed by atoms with Crippen LogP contribution < -0.4 is 4.90 Å². The molecule has 0 fully saturated rings. The number of nitrogens with zero attached hydrogens (tertiary/aromatic N) is 1. The minimum Gasteiger partial charge on any atom is -0.379 e. The van der Waals surface area contributed by atoms with Crippen LogP contribution in [0.4, 0.5) is 10.1 Å². The molecule has 0 unspecified atom stereocenters. The first-order valence-corrected chi connectivity index (χ1v) is 6.63. The number of hydrogen-bond acceptors (Lipinski definition) is 3. The first-order valence-electron chi connectivity index (χ1n) is 6.00. The third kappa shape index (κ3) is 3.03. The van der Waals surface area contributed by atoms with Crippen molar-refractivity contribution in [1.82, 2.24) is 0 Å². The summed E-state index contributed by atoms with van der Waals surface area (Å²) < 4.78 is 18.5. The topological polar surface area (TPSA) is 29.5 Å². The van der Waals surface area contributed by atoms with Crippen LogP contribution in [0.5, 0.6) is 0 Å². The largest absolute Gasteiger partial charge is 0.379 e. The standard InChI is InChI=1S/C13H16FNO2S/c14-11-2-3-12-10(9-11)1-4-13(16)15(12)5-6-17-7-8-18/h2-3,9,18H,1,4-8H2. The second-order valence-electron chi connectivity index (χ2n) is 4.15. The molecule has 1 aliphatic heterocycles. The van der Waals surface area contributed by atoms with Gasteiger partial charge in [-0.05, 0) is 30.2 Å². The zero-order valence-electron chi connectivity index (χ0n) is 10.1. The highest BCUT2D eigenvalue weighted by Crippen LogP contribution is 2.28. The van der Waals surface area contributed by atoms with E-state index in [2.05, 4.69) is 12.6 Å². The summed E-state index contributed by atoms with van der Waals surface area (Å²) in [6.45, 7) is 1.55. The Balaban J connectivity index is 2.08. The van der Waals surface area contributed by atoms with E-state index in [0.29, 0.717) is 38.4 Å². The van der Waals surface area contributed by atoms with Crippen LogP contribution in [0.25, 0.3) is 0 Å². The molecule has 2 rings (SSSR count). The van der Waals surface area contributed by atoms with E-state index < -0.39 is 0 Å². The third-order valence-electron chi connectivity index (χ3n) is 2.94. The normalized spacial score (nSPS) is 14.8. The zero-order valence-corrected chi connectivity index (χ0v) is 11.0. The number of amides is 1. The van der Waals surface area contributed by atoms with E-state index in [-0.39, 0.29) is 11.7 Å². The highest BCUT2D eigenvalue weighted by atomic mass is 32.1. The number of fused-ring (bicyclic) bond motifs is 1. The van der Waals surface area contributed by atoms with Crippen molar-refractivity contribution in [3.05, 3.63) is 29.6 Å². The highest BCUT2D eigenvalue weighted by molar-refractivity contribution is 7.80. The molecule has 98 valence electrons. The van der Waals surface area contributed by atoms with Gasteiger partial charge in [-0.25, -0.2) is 4.39 Å². The lowest BCUT2D eigenvalue weighted by Crippen LogP contribution is -2.37. The van der Waals surface area contributed by atoms with Crippen LogP contribution in [0.2, 0.25) is 0 Å². The number of carbonyl (C=O) groups is 1. The van der Waals surface area contributed by atoms with Crippen molar-refractivity contribution in [2.24, 2.45) is 0 Å². The molecule has 0 atom stereocenters. The van der Waals surface area contributed by atoms with E-state index in [0.717, 1.165) is 11.3 Å². The number of rotatable bonds is 5. The van der Waals surface area contributed by atoms with Crippen molar-refractivity contribution in [2.75, 3.05) is 30.4 Å². The van der Waals surface area contributed by atoms with E-state index in [1.807, 2.05) is 0 Å². The Morgan fingerprint density at radius 1 is 1.33 bits per heavy atom. The molecule has 5 heteroatoms. The second-order valence-corrected chi connectivity index (χ2v) is 4.60. The molecule has 1 aromatic rings. The van der Waals surface area contributed by atoms with Crippen molar-refractivity contribution in [2.45, 2.75) is 12.8 Å². The molecule has 1 heterocycles. The number of thiol groups is 1. The summed E-state index contributed by atoms with van der Waals surface area (Å²) in [4.78, 5) is 13.5. The molecule has 0 N–H and O–H groups in total. The summed E-state index contributed by atoms with van der Waals surface area (Å²) in [5, 5.41) is 0. The summed E-state index contributed by atoms with van der Waals surface area (Å²) in [6, 6.07) is 4.56. The van der Waals surface area contributed by atoms with E-state index in [9.17, 15) is 9.18 Å². The van der Waals surface area contributed by atoms with Crippen LogP contribution in [-0.2, 0) is 16.0 Å². The average Bonchev–Trinajstić information content (AvgIpc) is 2.37. The van der Waals surface area contributed by atoms with Crippen molar-refractivity contribution in [3.8, 4) is 0 Å². The summed E-state index contributed by atoms with van der Waals surface area (Å²) in [7, 11) is 0. The first-order chi connectivity index (χ1) is 8.72. The Hall–Kier alpha value is -1.07. The van der Waals surface area contributed by atoms with E-state index in [1.54, 1.807) is 11.0 Å². The average molecular weight is 269 g/mol. The fourth-order valence-corrected chi connectivity index (χ4v) is 2.23. The maximum Gasteiger partial charge on any atom is 0.227 e. The number of benzene rings is 1. The van der Waals surface area contributed by atoms with Gasteiger partial charge >= 0.3 is 0 Å². The molecule has 0 spiro atoms. The molecular formula is C13H16FNO2S. The van der Waals surface area contributed by atoms with Crippen molar-refractivity contribution in [3.63, 3.8) is 0 Å². The number of hydrogen-bond donors (Lipinski definition) is 1. The van der Waals surface area contributed by atoms with Gasteiger partial charge in [-0.2, -0.15) is 12.6 Å². The lowest BCUT2D eigenvalue weighted by molar-refractivity contribution is -0.119. The van der Waals surface area contributed by atoms with Gasteiger partial charge in [-0.3, -0.25) is 4.79 Å². The SMILES string of the molecule is O=C1CCc2cc(F)ccc2N1CCOCCS. The van der Waals surface area contributed by atoms with Gasteiger partial charge in [0.1, 0.15) is 5.82 Å². The number of ether oxygens (including phenoxy) is 1. The molecule has 1 aliphatic rings. The predicted molar refractivity (Wildman–Crippen MR) is 71.7 cm³/mol. The van der Waals surface area contributed by atoms with E-state index in [1.165, 1.54) is 12.1 Å². The quantitative estimate of drug-likeness (QED) is 0.655. The van der Waals surface area contributed by atoms with Crippen molar-refractivity contribution < 1.29 is 13.9 Å². The van der Waals surface area contributed by atoms with Crippen molar-refractivity contribution >= 4 is 24.2 Å². The minimum absolute atomic E-state index is 0.0728. The van der Waals surface area contributed by atoms with E-state index >= 15 is 0 Å². The summed E-state index contributed by atoms with van der Waals surface area (Å²) in [5.41, 5.74) is 1.70. The summed E-state index contributed by atoms with van der Waals surface area (Å²) in [6.07, 6.45) is 1.04. The van der Waals surface area contributed by atoms with Crippen LogP contribution in [0.15, 0.2) is 18.2 Å². The lowest BCUT2D eigenvalue weighted by Gasteiger charge is -2.29. The number of halogens is 1. The molecule has 0 bridgehead atoms. The number of anilines is 1. The Morgan fingerprint density at radius 2 is 2.17 bits per heavy atom. The van der Waals surface area contributed by atoms with Gasteiger partial charge in [0, 0.05) is 24.4 Å². The van der Waals surface area contributed by atoms with Crippen LogP contribution in [0, 0.1) is 5.82 Å². The number of aryl methyl sites for hydroxylation is 1. The minimum atomic E-state index is -0.255. The van der Waals surface area contributed by atoms with Crippen LogP contribution in [0.1, 0.15) is 12.0 Å². The van der Waals surface area contributed by atoms with E-state index in [4.69, 9.17) is 4.74 Å². The zero-order chi connectivity index (χ0) is 13.0. The Bertz CT molecular complexity index is 439. The molecular weight excluding hydrogens is 253 g/mol. The Kier molecular flexibility index (Phi) is 4.60. The van der Waals surface area contributed by atoms with Gasteiger partial charge in [0.25, 0.3) is 0 Å². The molecule has 1 aromatic carbocycles. The van der Waals surface area contributed by atoms with Crippen LogP contribution in [0.3, 0.4) is 0 Å². The second kappa shape index (κ2) is 6.20. The van der Waals surface area contributed by atoms with Gasteiger partial charge in [0.2, 0.25) is 5.91 Å².